The number of rotatable bonds is 6. The Labute approximate surface area is 167 Å². The zero-order valence-electron chi connectivity index (χ0n) is 16.2. The summed E-state index contributed by atoms with van der Waals surface area (Å²) >= 11 is 0. The van der Waals surface area contributed by atoms with Crippen LogP contribution < -0.4 is 11.1 Å². The van der Waals surface area contributed by atoms with Crippen LogP contribution in [0.3, 0.4) is 0 Å². The maximum absolute atomic E-state index is 13.2. The van der Waals surface area contributed by atoms with Crippen LogP contribution in [-0.2, 0) is 29.1 Å². The number of nitrogens with zero attached hydrogens (tertiary/aromatic N) is 2. The first-order chi connectivity index (χ1) is 13.6. The molecule has 0 bridgehead atoms. The average Bonchev–Trinajstić information content (AvgIpc) is 2.82. The number of amides is 2. The molecule has 2 aromatic carbocycles. The van der Waals surface area contributed by atoms with Crippen LogP contribution in [0.5, 0.6) is 0 Å². The second kappa shape index (κ2) is 7.98. The van der Waals surface area contributed by atoms with Crippen molar-refractivity contribution in [2.24, 2.45) is 10.7 Å². The molecule has 0 radical (unpaired) electrons. The fraction of sp³-hybridized carbons (Fsp3) is 0.286. The second-order valence-corrected chi connectivity index (χ2v) is 7.47. The number of aliphatic imine (C=N–C) groups is 1. The summed E-state index contributed by atoms with van der Waals surface area (Å²) in [7, 11) is 0. The Balaban J connectivity index is 1.54. The Bertz CT molecular complexity index is 951. The molecule has 0 aliphatic carbocycles. The van der Waals surface area contributed by atoms with Gasteiger partial charge in [-0.05, 0) is 42.7 Å². The van der Waals surface area contributed by atoms with Crippen molar-refractivity contribution in [3.05, 3.63) is 70.8 Å². The lowest BCUT2D eigenvalue weighted by molar-refractivity contribution is -0.130. The Morgan fingerprint density at radius 3 is 2.21 bits per heavy atom. The molecule has 2 aromatic rings. The second-order valence-electron chi connectivity index (χ2n) is 7.47. The van der Waals surface area contributed by atoms with Gasteiger partial charge >= 0.3 is 0 Å². The molecule has 0 saturated carbocycles. The molecule has 6 nitrogen and oxygen atoms in total. The van der Waals surface area contributed by atoms with E-state index in [2.05, 4.69) is 10.3 Å². The lowest BCUT2D eigenvalue weighted by Gasteiger charge is -2.19. The number of benzene rings is 2. The molecule has 1 aliphatic heterocycles. The summed E-state index contributed by atoms with van der Waals surface area (Å²) < 4.78 is 26.4. The fourth-order valence-electron chi connectivity index (χ4n) is 3.09. The summed E-state index contributed by atoms with van der Waals surface area (Å²) in [5.41, 5.74) is 6.99. The third kappa shape index (κ3) is 4.96. The molecule has 1 aliphatic rings. The van der Waals surface area contributed by atoms with Gasteiger partial charge in [-0.2, -0.15) is 0 Å². The van der Waals surface area contributed by atoms with E-state index in [9.17, 15) is 18.4 Å². The van der Waals surface area contributed by atoms with Gasteiger partial charge in [-0.25, -0.2) is 13.8 Å². The summed E-state index contributed by atoms with van der Waals surface area (Å²) in [5.74, 6) is -1.72. The minimum Gasteiger partial charge on any atom is -0.369 e. The van der Waals surface area contributed by atoms with Gasteiger partial charge in [0.1, 0.15) is 17.2 Å². The Morgan fingerprint density at radius 2 is 1.66 bits per heavy atom. The maximum Gasteiger partial charge on any atom is 0.257 e. The number of hydrogen-bond acceptors (Lipinski definition) is 4. The molecule has 152 valence electrons. The van der Waals surface area contributed by atoms with E-state index in [0.717, 1.165) is 29.3 Å². The van der Waals surface area contributed by atoms with Crippen molar-refractivity contribution in [1.29, 1.82) is 0 Å². The smallest absolute Gasteiger partial charge is 0.257 e. The highest BCUT2D eigenvalue weighted by molar-refractivity contribution is 6.06. The van der Waals surface area contributed by atoms with E-state index in [-0.39, 0.29) is 36.3 Å². The lowest BCUT2D eigenvalue weighted by atomic mass is 10.1. The number of halogens is 2. The Morgan fingerprint density at radius 1 is 1.07 bits per heavy atom. The molecule has 0 aromatic heterocycles. The molecule has 0 spiro atoms. The summed E-state index contributed by atoms with van der Waals surface area (Å²) in [6.45, 7) is 4.02. The normalized spacial score (nSPS) is 15.4. The molecule has 1 heterocycles. The van der Waals surface area contributed by atoms with Crippen LogP contribution in [0.25, 0.3) is 0 Å². The van der Waals surface area contributed by atoms with E-state index < -0.39 is 17.2 Å². The van der Waals surface area contributed by atoms with Crippen molar-refractivity contribution in [3.63, 3.8) is 0 Å². The number of carbonyl (C=O) groups is 2. The average molecular weight is 400 g/mol. The predicted octanol–water partition coefficient (Wildman–Crippen LogP) is 2.26. The number of carbonyl (C=O) groups excluding carboxylic acids is 2. The summed E-state index contributed by atoms with van der Waals surface area (Å²) in [6, 6.07) is 10.4. The summed E-state index contributed by atoms with van der Waals surface area (Å²) in [6.07, 6.45) is -0.113. The van der Waals surface area contributed by atoms with E-state index >= 15 is 0 Å². The molecule has 3 rings (SSSR count). The van der Waals surface area contributed by atoms with Gasteiger partial charge in [-0.15, -0.1) is 0 Å². The zero-order valence-corrected chi connectivity index (χ0v) is 16.2. The molecule has 8 heteroatoms. The van der Waals surface area contributed by atoms with Crippen LogP contribution in [0.2, 0.25) is 0 Å². The van der Waals surface area contributed by atoms with Crippen molar-refractivity contribution in [1.82, 2.24) is 10.2 Å². The number of nitrogens with two attached hydrogens (primary N) is 1. The first-order valence-electron chi connectivity index (χ1n) is 9.11. The zero-order chi connectivity index (χ0) is 21.2. The minimum absolute atomic E-state index is 0.113. The van der Waals surface area contributed by atoms with Crippen LogP contribution in [0.15, 0.2) is 47.5 Å². The molecule has 0 unspecified atom stereocenters. The number of guanidine groups is 1. The van der Waals surface area contributed by atoms with Crippen LogP contribution in [0.1, 0.15) is 30.5 Å². The molecule has 29 heavy (non-hydrogen) atoms. The predicted molar refractivity (Wildman–Crippen MR) is 105 cm³/mol. The minimum atomic E-state index is -0.848. The third-order valence-corrected chi connectivity index (χ3v) is 4.58. The highest BCUT2D eigenvalue weighted by Gasteiger charge is 2.39. The Kier molecular flexibility index (Phi) is 5.63. The van der Waals surface area contributed by atoms with Crippen LogP contribution in [-0.4, -0.2) is 28.2 Å². The molecular formula is C21H22F2N4O2. The van der Waals surface area contributed by atoms with Gasteiger partial charge in [0, 0.05) is 12.6 Å². The Hall–Kier alpha value is -3.29. The van der Waals surface area contributed by atoms with E-state index in [1.807, 2.05) is 24.3 Å². The molecule has 3 N–H and O–H groups in total. The SMILES string of the molecule is CC1(C)N=C(N)N(Cc2ccc(CNC(=O)Cc3cc(F)cc(F)c3)cc2)C1=O. The number of hydrogen-bond donors (Lipinski definition) is 2. The van der Waals surface area contributed by atoms with Crippen LogP contribution in [0.4, 0.5) is 8.78 Å². The van der Waals surface area contributed by atoms with Gasteiger partial charge < -0.3 is 11.1 Å². The van der Waals surface area contributed by atoms with E-state index in [1.54, 1.807) is 13.8 Å². The van der Waals surface area contributed by atoms with Gasteiger partial charge in [0.2, 0.25) is 5.91 Å². The van der Waals surface area contributed by atoms with Crippen molar-refractivity contribution < 1.29 is 18.4 Å². The van der Waals surface area contributed by atoms with Gasteiger partial charge in [0.05, 0.1) is 13.0 Å². The van der Waals surface area contributed by atoms with E-state index in [0.29, 0.717) is 6.54 Å². The first-order valence-corrected chi connectivity index (χ1v) is 9.11. The molecule has 0 saturated heterocycles. The van der Waals surface area contributed by atoms with E-state index in [4.69, 9.17) is 5.73 Å². The van der Waals surface area contributed by atoms with Gasteiger partial charge in [0.15, 0.2) is 5.96 Å². The van der Waals surface area contributed by atoms with Crippen molar-refractivity contribution in [2.45, 2.75) is 38.9 Å². The topological polar surface area (TPSA) is 87.8 Å². The maximum atomic E-state index is 13.2. The van der Waals surface area contributed by atoms with Gasteiger partial charge in [-0.3, -0.25) is 14.5 Å². The number of nitrogens with one attached hydrogen (secondary N) is 1. The molecule has 0 fully saturated rings. The van der Waals surface area contributed by atoms with Crippen molar-refractivity contribution in [2.75, 3.05) is 0 Å². The molecule has 2 amide bonds. The summed E-state index contributed by atoms with van der Waals surface area (Å²) in [4.78, 5) is 29.9. The highest BCUT2D eigenvalue weighted by atomic mass is 19.1. The van der Waals surface area contributed by atoms with Gasteiger partial charge in [-0.1, -0.05) is 24.3 Å². The van der Waals surface area contributed by atoms with Crippen LogP contribution >= 0.6 is 0 Å². The standard InChI is InChI=1S/C21H22F2N4O2/c1-21(2)19(29)27(20(24)26-21)12-14-5-3-13(4-6-14)11-25-18(28)9-15-7-16(22)10-17(23)8-15/h3-8,10H,9,11-12H2,1-2H3,(H2,24,26)(H,25,28). The lowest BCUT2D eigenvalue weighted by Crippen LogP contribution is -2.41. The monoisotopic (exact) mass is 400 g/mol. The van der Waals surface area contributed by atoms with Crippen molar-refractivity contribution in [3.8, 4) is 0 Å². The largest absolute Gasteiger partial charge is 0.369 e. The van der Waals surface area contributed by atoms with Gasteiger partial charge in [0.25, 0.3) is 5.91 Å². The fourth-order valence-corrected chi connectivity index (χ4v) is 3.09. The highest BCUT2D eigenvalue weighted by Crippen LogP contribution is 2.22. The molecule has 0 atom stereocenters. The molecular weight excluding hydrogens is 378 g/mol. The quantitative estimate of drug-likeness (QED) is 0.780. The van der Waals surface area contributed by atoms with Crippen molar-refractivity contribution >= 4 is 17.8 Å². The van der Waals surface area contributed by atoms with Crippen LogP contribution in [0, 0.1) is 11.6 Å². The summed E-state index contributed by atoms with van der Waals surface area (Å²) in [5, 5.41) is 2.72. The first kappa shape index (κ1) is 20.4. The van der Waals surface area contributed by atoms with E-state index in [1.165, 1.54) is 4.90 Å². The third-order valence-electron chi connectivity index (χ3n) is 4.58.